The normalized spacial score (nSPS) is 16.0. The van der Waals surface area contributed by atoms with Gasteiger partial charge in [-0.1, -0.05) is 23.7 Å². The number of halogens is 1. The maximum Gasteiger partial charge on any atom is 0.222 e. The number of aromatic nitrogens is 3. The van der Waals surface area contributed by atoms with Gasteiger partial charge in [-0.25, -0.2) is 0 Å². The van der Waals surface area contributed by atoms with E-state index in [0.29, 0.717) is 28.1 Å². The molecule has 1 aromatic heterocycles. The number of nitrogens with one attached hydrogen (secondary N) is 1. The highest BCUT2D eigenvalue weighted by Crippen LogP contribution is 2.34. The van der Waals surface area contributed by atoms with E-state index in [-0.39, 0.29) is 18.9 Å². The summed E-state index contributed by atoms with van der Waals surface area (Å²) in [7, 11) is 1.60. The van der Waals surface area contributed by atoms with Crippen molar-refractivity contribution in [1.82, 2.24) is 20.1 Å². The number of amides is 1. The molecule has 2 unspecified atom stereocenters. The summed E-state index contributed by atoms with van der Waals surface area (Å²) in [6.07, 6.45) is -1.14. The van der Waals surface area contributed by atoms with Crippen LogP contribution >= 0.6 is 11.6 Å². The highest BCUT2D eigenvalue weighted by molar-refractivity contribution is 6.30. The Hall–Kier alpha value is -3.27. The van der Waals surface area contributed by atoms with Gasteiger partial charge in [0.05, 0.1) is 36.6 Å². The van der Waals surface area contributed by atoms with Gasteiger partial charge in [-0.2, -0.15) is 0 Å². The Labute approximate surface area is 208 Å². The molecule has 1 aliphatic rings. The fourth-order valence-corrected chi connectivity index (χ4v) is 4.01. The summed E-state index contributed by atoms with van der Waals surface area (Å²) in [5, 5.41) is 31.9. The average molecular weight is 498 g/mol. The maximum absolute atomic E-state index is 12.9. The number of aliphatic hydroxyl groups excluding tert-OH is 1. The van der Waals surface area contributed by atoms with E-state index >= 15 is 0 Å². The number of aliphatic hydroxyl groups is 2. The summed E-state index contributed by atoms with van der Waals surface area (Å²) in [4.78, 5) is 17.8. The molecule has 3 aromatic rings. The van der Waals surface area contributed by atoms with E-state index in [1.54, 1.807) is 19.2 Å². The second-order valence-corrected chi connectivity index (χ2v) is 9.44. The first-order chi connectivity index (χ1) is 16.6. The fraction of sp³-hybridized carbons (Fsp3) is 0.360. The number of carbonyl (C=O) groups is 1. The summed E-state index contributed by atoms with van der Waals surface area (Å²) in [6.45, 7) is 4.71. The van der Waals surface area contributed by atoms with Crippen molar-refractivity contribution in [2.75, 3.05) is 13.7 Å². The first kappa shape index (κ1) is 24.8. The van der Waals surface area contributed by atoms with Crippen molar-refractivity contribution in [2.24, 2.45) is 4.99 Å². The number of benzene rings is 2. The van der Waals surface area contributed by atoms with Crippen LogP contribution < -0.4 is 10.1 Å². The number of aryl methyl sites for hydroxylation is 1. The summed E-state index contributed by atoms with van der Waals surface area (Å²) >= 11 is 6.12. The monoisotopic (exact) mass is 497 g/mol. The van der Waals surface area contributed by atoms with Gasteiger partial charge in [-0.05, 0) is 51.1 Å². The average Bonchev–Trinajstić information content (AvgIpc) is 3.14. The van der Waals surface area contributed by atoms with Gasteiger partial charge in [-0.15, -0.1) is 10.2 Å². The third-order valence-electron chi connectivity index (χ3n) is 5.94. The summed E-state index contributed by atoms with van der Waals surface area (Å²) < 4.78 is 7.37. The molecular weight excluding hydrogens is 470 g/mol. The number of rotatable bonds is 7. The van der Waals surface area contributed by atoms with E-state index in [9.17, 15) is 15.0 Å². The van der Waals surface area contributed by atoms with E-state index in [1.165, 1.54) is 13.8 Å². The fourth-order valence-electron chi connectivity index (χ4n) is 3.88. The Bertz CT molecular complexity index is 1260. The number of fused-ring (bicyclic) bond motifs is 3. The zero-order valence-corrected chi connectivity index (χ0v) is 20.7. The molecule has 3 N–H and O–H groups in total. The Morgan fingerprint density at radius 1 is 1.23 bits per heavy atom. The Morgan fingerprint density at radius 3 is 2.60 bits per heavy atom. The minimum atomic E-state index is -1.34. The number of hydrogen-bond donors (Lipinski definition) is 3. The van der Waals surface area contributed by atoms with Gasteiger partial charge in [0.15, 0.2) is 5.82 Å². The molecule has 0 spiro atoms. The van der Waals surface area contributed by atoms with Crippen LogP contribution in [0.2, 0.25) is 5.02 Å². The van der Waals surface area contributed by atoms with Crippen LogP contribution in [0.5, 0.6) is 5.75 Å². The molecular formula is C25H28ClN5O4. The number of nitrogens with zero attached hydrogens (tertiary/aromatic N) is 4. The first-order valence-electron chi connectivity index (χ1n) is 11.2. The largest absolute Gasteiger partial charge is 0.497 e. The summed E-state index contributed by atoms with van der Waals surface area (Å²) in [6, 6.07) is 12.3. The molecule has 0 aliphatic carbocycles. The van der Waals surface area contributed by atoms with E-state index < -0.39 is 17.7 Å². The van der Waals surface area contributed by atoms with Crippen LogP contribution in [0.4, 0.5) is 0 Å². The summed E-state index contributed by atoms with van der Waals surface area (Å²) in [5.41, 5.74) is 1.76. The van der Waals surface area contributed by atoms with Gasteiger partial charge in [0.25, 0.3) is 0 Å². The quantitative estimate of drug-likeness (QED) is 0.461. The highest BCUT2D eigenvalue weighted by Gasteiger charge is 2.31. The lowest BCUT2D eigenvalue weighted by Gasteiger charge is -2.24. The molecule has 0 fully saturated rings. The lowest BCUT2D eigenvalue weighted by atomic mass is 10.00. The van der Waals surface area contributed by atoms with E-state index in [2.05, 4.69) is 15.5 Å². The Balaban J connectivity index is 1.78. The van der Waals surface area contributed by atoms with Crippen LogP contribution in [0.1, 0.15) is 49.1 Å². The minimum absolute atomic E-state index is 0.0288. The molecule has 10 heteroatoms. The number of hydrogen-bond acceptors (Lipinski definition) is 7. The van der Waals surface area contributed by atoms with Crippen LogP contribution in [-0.2, 0) is 4.79 Å². The Kier molecular flexibility index (Phi) is 6.93. The maximum atomic E-state index is 12.9. The zero-order valence-electron chi connectivity index (χ0n) is 20.0. The van der Waals surface area contributed by atoms with E-state index in [1.807, 2.05) is 41.8 Å². The molecule has 0 saturated heterocycles. The summed E-state index contributed by atoms with van der Waals surface area (Å²) in [5.74, 6) is 1.50. The molecule has 35 heavy (non-hydrogen) atoms. The van der Waals surface area contributed by atoms with Crippen molar-refractivity contribution >= 4 is 23.2 Å². The molecule has 2 atom stereocenters. The van der Waals surface area contributed by atoms with E-state index in [4.69, 9.17) is 21.3 Å². The third kappa shape index (κ3) is 5.22. The van der Waals surface area contributed by atoms with Gasteiger partial charge < -0.3 is 20.3 Å². The Morgan fingerprint density at radius 2 is 1.94 bits per heavy atom. The van der Waals surface area contributed by atoms with Gasteiger partial charge >= 0.3 is 0 Å². The van der Waals surface area contributed by atoms with Crippen molar-refractivity contribution in [3.63, 3.8) is 0 Å². The van der Waals surface area contributed by atoms with Crippen LogP contribution in [-0.4, -0.2) is 62.0 Å². The molecule has 2 heterocycles. The van der Waals surface area contributed by atoms with E-state index in [0.717, 1.165) is 16.8 Å². The smallest absolute Gasteiger partial charge is 0.222 e. The first-order valence-corrected chi connectivity index (χ1v) is 11.6. The lowest BCUT2D eigenvalue weighted by molar-refractivity contribution is -0.123. The molecule has 1 amide bonds. The van der Waals surface area contributed by atoms with Crippen molar-refractivity contribution in [2.45, 2.75) is 44.9 Å². The third-order valence-corrected chi connectivity index (χ3v) is 6.19. The van der Waals surface area contributed by atoms with Crippen LogP contribution in [0.3, 0.4) is 0 Å². The molecule has 0 radical (unpaired) electrons. The van der Waals surface area contributed by atoms with Crippen molar-refractivity contribution in [3.8, 4) is 11.4 Å². The lowest BCUT2D eigenvalue weighted by Crippen LogP contribution is -2.44. The topological polar surface area (TPSA) is 122 Å². The predicted molar refractivity (Wildman–Crippen MR) is 132 cm³/mol. The molecule has 2 aromatic carbocycles. The number of ether oxygens (including phenoxy) is 1. The molecule has 0 saturated carbocycles. The SMILES string of the molecule is COc1ccc2c(c1)C(c1ccc(Cl)cc1)=NC(CC(=O)NCC(O)C(C)(C)O)c1nnc(C)n1-2. The minimum Gasteiger partial charge on any atom is -0.497 e. The number of methoxy groups -OCH3 is 1. The van der Waals surface area contributed by atoms with Gasteiger partial charge in [-0.3, -0.25) is 14.4 Å². The van der Waals surface area contributed by atoms with Crippen molar-refractivity contribution in [1.29, 1.82) is 0 Å². The van der Waals surface area contributed by atoms with Crippen LogP contribution in [0.25, 0.3) is 5.69 Å². The molecule has 1 aliphatic heterocycles. The number of aliphatic imine (C=N–C) groups is 1. The second-order valence-electron chi connectivity index (χ2n) is 9.00. The standard InChI is InChI=1S/C25H28ClN5O4/c1-14-29-30-24-19(12-22(33)27-13-21(32)25(2,3)34)28-23(15-5-7-16(26)8-6-15)18-11-17(35-4)9-10-20(18)31(14)24/h5-11,19,21,32,34H,12-13H2,1-4H3,(H,27,33). The van der Waals surface area contributed by atoms with Crippen LogP contribution in [0, 0.1) is 6.92 Å². The van der Waals surface area contributed by atoms with Gasteiger partial charge in [0.2, 0.25) is 5.91 Å². The molecule has 9 nitrogen and oxygen atoms in total. The molecule has 4 rings (SSSR count). The van der Waals surface area contributed by atoms with Crippen LogP contribution in [0.15, 0.2) is 47.5 Å². The van der Waals surface area contributed by atoms with Gasteiger partial charge in [0.1, 0.15) is 17.6 Å². The highest BCUT2D eigenvalue weighted by atomic mass is 35.5. The molecule has 184 valence electrons. The second kappa shape index (κ2) is 9.77. The van der Waals surface area contributed by atoms with Crippen molar-refractivity contribution in [3.05, 3.63) is 70.3 Å². The zero-order chi connectivity index (χ0) is 25.3. The van der Waals surface area contributed by atoms with Crippen molar-refractivity contribution < 1.29 is 19.7 Å². The van der Waals surface area contributed by atoms with Gasteiger partial charge in [0, 0.05) is 22.7 Å². The number of carbonyl (C=O) groups excluding carboxylic acids is 1. The predicted octanol–water partition coefficient (Wildman–Crippen LogP) is 2.77. The molecule has 0 bridgehead atoms.